The van der Waals surface area contributed by atoms with E-state index in [1.165, 1.54) is 32.1 Å². The van der Waals surface area contributed by atoms with Gasteiger partial charge < -0.3 is 15.5 Å². The van der Waals surface area contributed by atoms with Crippen molar-refractivity contribution in [2.45, 2.75) is 65.2 Å². The average Bonchev–Trinajstić information content (AvgIpc) is 3.19. The predicted molar refractivity (Wildman–Crippen MR) is 113 cm³/mol. The van der Waals surface area contributed by atoms with Crippen LogP contribution in [0.2, 0.25) is 0 Å². The molecule has 1 aliphatic carbocycles. The molecule has 1 unspecified atom stereocenters. The summed E-state index contributed by atoms with van der Waals surface area (Å²) in [7, 11) is 0. The Balaban J connectivity index is 0.00000225. The van der Waals surface area contributed by atoms with Crippen molar-refractivity contribution in [2.24, 2.45) is 15.8 Å². The lowest BCUT2D eigenvalue weighted by molar-refractivity contribution is -0.119. The Morgan fingerprint density at radius 1 is 1.24 bits per heavy atom. The van der Waals surface area contributed by atoms with E-state index in [1.54, 1.807) is 0 Å². The van der Waals surface area contributed by atoms with Crippen LogP contribution in [0.15, 0.2) is 4.99 Å². The van der Waals surface area contributed by atoms with E-state index in [0.717, 1.165) is 51.5 Å². The third kappa shape index (κ3) is 4.80. The molecule has 1 saturated carbocycles. The molecule has 0 bridgehead atoms. The molecule has 25 heavy (non-hydrogen) atoms. The normalized spacial score (nSPS) is 28.8. The summed E-state index contributed by atoms with van der Waals surface area (Å²) in [6.07, 6.45) is 9.60. The van der Waals surface area contributed by atoms with Gasteiger partial charge in [0.1, 0.15) is 0 Å². The summed E-state index contributed by atoms with van der Waals surface area (Å²) in [4.78, 5) is 19.2. The monoisotopic (exact) mass is 462 g/mol. The van der Waals surface area contributed by atoms with Crippen LogP contribution >= 0.6 is 24.0 Å². The molecule has 144 valence electrons. The van der Waals surface area contributed by atoms with E-state index >= 15 is 0 Å². The largest absolute Gasteiger partial charge is 0.357 e. The molecule has 0 radical (unpaired) electrons. The molecule has 0 aromatic heterocycles. The SMILES string of the molecule is CCNC(=NCC1(CC)CCCC1)N1CCCC2(CNC(=O)C2)C1.I. The molecule has 2 aliphatic heterocycles. The van der Waals surface area contributed by atoms with Crippen molar-refractivity contribution in [3.05, 3.63) is 0 Å². The molecule has 3 aliphatic rings. The van der Waals surface area contributed by atoms with Gasteiger partial charge in [-0.15, -0.1) is 24.0 Å². The van der Waals surface area contributed by atoms with Crippen molar-refractivity contribution >= 4 is 35.8 Å². The quantitative estimate of drug-likeness (QED) is 0.384. The van der Waals surface area contributed by atoms with Crippen LogP contribution in [0, 0.1) is 10.8 Å². The highest BCUT2D eigenvalue weighted by Gasteiger charge is 2.42. The van der Waals surface area contributed by atoms with Gasteiger partial charge in [0.15, 0.2) is 5.96 Å². The number of likely N-dealkylation sites (tertiary alicyclic amines) is 1. The molecule has 1 spiro atoms. The summed E-state index contributed by atoms with van der Waals surface area (Å²) in [5.74, 6) is 1.28. The smallest absolute Gasteiger partial charge is 0.220 e. The number of hydrogen-bond acceptors (Lipinski definition) is 2. The number of piperidine rings is 1. The summed E-state index contributed by atoms with van der Waals surface area (Å²) in [6, 6.07) is 0. The molecule has 3 fully saturated rings. The first-order valence-corrected chi connectivity index (χ1v) is 9.90. The molecular weight excluding hydrogens is 427 g/mol. The Labute approximate surface area is 169 Å². The second kappa shape index (κ2) is 8.91. The van der Waals surface area contributed by atoms with Crippen LogP contribution in [-0.4, -0.2) is 49.5 Å². The average molecular weight is 462 g/mol. The van der Waals surface area contributed by atoms with Crippen LogP contribution in [0.5, 0.6) is 0 Å². The number of nitrogens with one attached hydrogen (secondary N) is 2. The minimum absolute atomic E-state index is 0. The Hall–Kier alpha value is -0.530. The number of hydrogen-bond donors (Lipinski definition) is 2. The van der Waals surface area contributed by atoms with E-state index in [4.69, 9.17) is 4.99 Å². The molecule has 0 aromatic rings. The van der Waals surface area contributed by atoms with Gasteiger partial charge in [-0.2, -0.15) is 0 Å². The predicted octanol–water partition coefficient (Wildman–Crippen LogP) is 3.14. The third-order valence-electron chi connectivity index (χ3n) is 6.47. The van der Waals surface area contributed by atoms with Crippen LogP contribution < -0.4 is 10.6 Å². The maximum Gasteiger partial charge on any atom is 0.220 e. The Bertz CT molecular complexity index is 490. The zero-order valence-corrected chi connectivity index (χ0v) is 18.2. The standard InChI is InChI=1S/C19H34N4O.HI/c1-3-18(8-5-6-9-18)13-22-17(20-4-2)23-11-7-10-19(15-23)12-16(24)21-14-19;/h3-15H2,1-2H3,(H,20,22)(H,21,24);1H. The van der Waals surface area contributed by atoms with Gasteiger partial charge in [0, 0.05) is 44.6 Å². The van der Waals surface area contributed by atoms with Crippen molar-refractivity contribution < 1.29 is 4.79 Å². The van der Waals surface area contributed by atoms with Crippen LogP contribution in [0.1, 0.15) is 65.2 Å². The van der Waals surface area contributed by atoms with E-state index in [2.05, 4.69) is 29.4 Å². The van der Waals surface area contributed by atoms with Crippen molar-refractivity contribution in [2.75, 3.05) is 32.7 Å². The zero-order valence-electron chi connectivity index (χ0n) is 15.9. The highest BCUT2D eigenvalue weighted by Crippen LogP contribution is 2.41. The summed E-state index contributed by atoms with van der Waals surface area (Å²) in [5, 5.41) is 6.54. The highest BCUT2D eigenvalue weighted by atomic mass is 127. The molecule has 3 rings (SSSR count). The maximum atomic E-state index is 11.7. The maximum absolute atomic E-state index is 11.7. The van der Waals surface area contributed by atoms with Crippen LogP contribution in [0.4, 0.5) is 0 Å². The minimum Gasteiger partial charge on any atom is -0.357 e. The number of guanidine groups is 1. The number of halogens is 1. The Kier molecular flexibility index (Phi) is 7.40. The van der Waals surface area contributed by atoms with E-state index < -0.39 is 0 Å². The molecule has 1 atom stereocenters. The molecule has 2 heterocycles. The van der Waals surface area contributed by atoms with Gasteiger partial charge in [0.25, 0.3) is 0 Å². The number of aliphatic imine (C=N–C) groups is 1. The Morgan fingerprint density at radius 2 is 2.00 bits per heavy atom. The summed E-state index contributed by atoms with van der Waals surface area (Å²) < 4.78 is 0. The second-order valence-corrected chi connectivity index (χ2v) is 8.21. The zero-order chi connectivity index (χ0) is 17.0. The van der Waals surface area contributed by atoms with Crippen LogP contribution in [0.25, 0.3) is 0 Å². The van der Waals surface area contributed by atoms with E-state index in [0.29, 0.717) is 11.8 Å². The number of nitrogens with zero attached hydrogens (tertiary/aromatic N) is 2. The van der Waals surface area contributed by atoms with Gasteiger partial charge in [-0.3, -0.25) is 9.79 Å². The number of rotatable bonds is 4. The fraction of sp³-hybridized carbons (Fsp3) is 0.895. The van der Waals surface area contributed by atoms with Crippen LogP contribution in [-0.2, 0) is 4.79 Å². The van der Waals surface area contributed by atoms with Crippen LogP contribution in [0.3, 0.4) is 0 Å². The summed E-state index contributed by atoms with van der Waals surface area (Å²) in [5.41, 5.74) is 0.556. The molecule has 5 nitrogen and oxygen atoms in total. The number of amides is 1. The van der Waals surface area contributed by atoms with Crippen molar-refractivity contribution in [1.82, 2.24) is 15.5 Å². The molecule has 2 saturated heterocycles. The highest BCUT2D eigenvalue weighted by molar-refractivity contribution is 14.0. The first-order chi connectivity index (χ1) is 11.6. The third-order valence-corrected chi connectivity index (χ3v) is 6.47. The number of carbonyl (C=O) groups is 1. The minimum atomic E-state index is 0. The van der Waals surface area contributed by atoms with Crippen molar-refractivity contribution in [3.63, 3.8) is 0 Å². The first kappa shape index (κ1) is 20.8. The fourth-order valence-electron chi connectivity index (χ4n) is 4.85. The van der Waals surface area contributed by atoms with Crippen molar-refractivity contribution in [1.29, 1.82) is 0 Å². The Morgan fingerprint density at radius 3 is 2.60 bits per heavy atom. The second-order valence-electron chi connectivity index (χ2n) is 8.21. The van der Waals surface area contributed by atoms with E-state index in [-0.39, 0.29) is 35.3 Å². The lowest BCUT2D eigenvalue weighted by Crippen LogP contribution is -2.51. The lowest BCUT2D eigenvalue weighted by Gasteiger charge is -2.41. The summed E-state index contributed by atoms with van der Waals surface area (Å²) in [6.45, 7) is 9.16. The van der Waals surface area contributed by atoms with Gasteiger partial charge in [0.05, 0.1) is 0 Å². The van der Waals surface area contributed by atoms with Gasteiger partial charge >= 0.3 is 0 Å². The van der Waals surface area contributed by atoms with Crippen molar-refractivity contribution in [3.8, 4) is 0 Å². The molecule has 1 amide bonds. The fourth-order valence-corrected chi connectivity index (χ4v) is 4.85. The van der Waals surface area contributed by atoms with Gasteiger partial charge in [-0.25, -0.2) is 0 Å². The van der Waals surface area contributed by atoms with Gasteiger partial charge in [0.2, 0.25) is 5.91 Å². The molecule has 0 aromatic carbocycles. The molecule has 6 heteroatoms. The lowest BCUT2D eigenvalue weighted by atomic mass is 9.79. The van der Waals surface area contributed by atoms with E-state index in [9.17, 15) is 4.79 Å². The summed E-state index contributed by atoms with van der Waals surface area (Å²) >= 11 is 0. The molecular formula is C19H35IN4O. The number of carbonyl (C=O) groups excluding carboxylic acids is 1. The van der Waals surface area contributed by atoms with Gasteiger partial charge in [-0.05, 0) is 44.4 Å². The van der Waals surface area contributed by atoms with Gasteiger partial charge in [-0.1, -0.05) is 19.8 Å². The topological polar surface area (TPSA) is 56.7 Å². The van der Waals surface area contributed by atoms with E-state index in [1.807, 2.05) is 0 Å². The first-order valence-electron chi connectivity index (χ1n) is 9.90. The molecule has 2 N–H and O–H groups in total.